The molecule has 1 amide bonds. The fourth-order valence-electron chi connectivity index (χ4n) is 5.61. The van der Waals surface area contributed by atoms with Crippen molar-refractivity contribution in [2.75, 3.05) is 26.2 Å². The van der Waals surface area contributed by atoms with Gasteiger partial charge in [0, 0.05) is 6.54 Å². The molecule has 1 atom stereocenters. The van der Waals surface area contributed by atoms with Crippen LogP contribution in [0.3, 0.4) is 0 Å². The van der Waals surface area contributed by atoms with E-state index in [4.69, 9.17) is 4.99 Å². The van der Waals surface area contributed by atoms with Crippen molar-refractivity contribution in [2.24, 2.45) is 4.99 Å². The molecule has 0 spiro atoms. The Hall–Kier alpha value is -3.49. The molecule has 2 aliphatic rings. The van der Waals surface area contributed by atoms with Gasteiger partial charge in [-0.1, -0.05) is 36.4 Å². The lowest BCUT2D eigenvalue weighted by molar-refractivity contribution is -0.131. The average Bonchev–Trinajstić information content (AvgIpc) is 3.15. The number of amidine groups is 1. The molecular formula is C30H30F3N3O2. The zero-order valence-electron chi connectivity index (χ0n) is 21.2. The summed E-state index contributed by atoms with van der Waals surface area (Å²) in [4.78, 5) is 22.3. The van der Waals surface area contributed by atoms with Crippen LogP contribution in [0.1, 0.15) is 42.4 Å². The molecule has 8 heteroatoms. The van der Waals surface area contributed by atoms with Crippen molar-refractivity contribution in [3.05, 3.63) is 107 Å². The monoisotopic (exact) mass is 521 g/mol. The zero-order chi connectivity index (χ0) is 26.9. The molecule has 2 aliphatic heterocycles. The van der Waals surface area contributed by atoms with Crippen LogP contribution in [-0.4, -0.2) is 58.9 Å². The molecule has 3 aromatic rings. The Kier molecular flexibility index (Phi) is 7.36. The fraction of sp³-hybridized carbons (Fsp3) is 0.333. The van der Waals surface area contributed by atoms with Crippen molar-refractivity contribution < 1.29 is 23.1 Å². The van der Waals surface area contributed by atoms with Crippen LogP contribution in [0.4, 0.5) is 13.2 Å². The van der Waals surface area contributed by atoms with Crippen LogP contribution in [0, 0.1) is 17.5 Å². The number of aliphatic hydroxyl groups excluding tert-OH is 1. The first-order chi connectivity index (χ1) is 18.3. The molecule has 38 heavy (non-hydrogen) atoms. The molecule has 1 saturated heterocycles. The second-order valence-electron chi connectivity index (χ2n) is 10.1. The number of benzene rings is 3. The Morgan fingerprint density at radius 2 is 1.47 bits per heavy atom. The van der Waals surface area contributed by atoms with Gasteiger partial charge in [0.25, 0.3) is 5.91 Å². The van der Waals surface area contributed by atoms with Crippen LogP contribution in [-0.2, 0) is 10.3 Å². The van der Waals surface area contributed by atoms with Gasteiger partial charge in [-0.25, -0.2) is 18.2 Å². The molecule has 198 valence electrons. The first-order valence-electron chi connectivity index (χ1n) is 12.8. The third-order valence-electron chi connectivity index (χ3n) is 7.57. The number of carbonyl (C=O) groups is 1. The number of aliphatic imine (C=N–C) groups is 1. The minimum Gasteiger partial charge on any atom is -0.390 e. The average molecular weight is 522 g/mol. The van der Waals surface area contributed by atoms with Crippen LogP contribution in [0.15, 0.2) is 77.8 Å². The van der Waals surface area contributed by atoms with Crippen LogP contribution in [0.2, 0.25) is 0 Å². The van der Waals surface area contributed by atoms with E-state index >= 15 is 0 Å². The van der Waals surface area contributed by atoms with Crippen molar-refractivity contribution in [3.63, 3.8) is 0 Å². The highest BCUT2D eigenvalue weighted by atomic mass is 19.1. The molecule has 1 fully saturated rings. The third kappa shape index (κ3) is 5.11. The molecule has 1 unspecified atom stereocenters. The van der Waals surface area contributed by atoms with Gasteiger partial charge in [0.15, 0.2) is 5.54 Å². The summed E-state index contributed by atoms with van der Waals surface area (Å²) < 4.78 is 41.0. The minimum atomic E-state index is -1.49. The second kappa shape index (κ2) is 10.7. The number of amides is 1. The molecule has 0 aliphatic carbocycles. The number of hydrogen-bond donors (Lipinski definition) is 1. The van der Waals surface area contributed by atoms with Crippen LogP contribution < -0.4 is 0 Å². The number of β-amino-alcohol motifs (C(OH)–C–C–N with tert-alkyl or cyclic N) is 1. The van der Waals surface area contributed by atoms with Crippen LogP contribution in [0.25, 0.3) is 0 Å². The van der Waals surface area contributed by atoms with E-state index in [9.17, 15) is 23.1 Å². The van der Waals surface area contributed by atoms with E-state index in [1.54, 1.807) is 19.1 Å². The SMILES string of the molecule is CC1=NC(c2ccc(F)cc2)(c2ccc(F)cc2)C(=O)N1CC(O)CN1CCC(c2cccc(F)c2)CC1. The number of carbonyl (C=O) groups excluding carboxylic acids is 1. The predicted octanol–water partition coefficient (Wildman–Crippen LogP) is 4.85. The van der Waals surface area contributed by atoms with E-state index in [-0.39, 0.29) is 24.2 Å². The molecule has 3 aromatic carbocycles. The quantitative estimate of drug-likeness (QED) is 0.484. The number of piperidine rings is 1. The van der Waals surface area contributed by atoms with E-state index in [1.807, 2.05) is 6.07 Å². The van der Waals surface area contributed by atoms with Gasteiger partial charge in [-0.2, -0.15) is 0 Å². The summed E-state index contributed by atoms with van der Waals surface area (Å²) in [5, 5.41) is 11.0. The Labute approximate surface area is 220 Å². The summed E-state index contributed by atoms with van der Waals surface area (Å²) >= 11 is 0. The number of aliphatic hydroxyl groups is 1. The Morgan fingerprint density at radius 1 is 0.895 bits per heavy atom. The Balaban J connectivity index is 1.29. The first kappa shape index (κ1) is 26.1. The van der Waals surface area contributed by atoms with Crippen molar-refractivity contribution >= 4 is 11.7 Å². The standard InChI is InChI=1S/C30H30F3N3O2/c1-20-34-30(23-5-9-25(31)10-6-23,24-7-11-26(32)12-8-24)29(38)36(20)19-28(37)18-35-15-13-21(14-16-35)22-3-2-4-27(33)17-22/h2-12,17,21,28,37H,13-16,18-19H2,1H3. The number of nitrogens with zero attached hydrogens (tertiary/aromatic N) is 3. The highest BCUT2D eigenvalue weighted by Gasteiger charge is 2.50. The maximum atomic E-state index is 13.9. The van der Waals surface area contributed by atoms with E-state index in [0.717, 1.165) is 31.5 Å². The molecule has 0 bridgehead atoms. The van der Waals surface area contributed by atoms with Crippen LogP contribution >= 0.6 is 0 Å². The minimum absolute atomic E-state index is 0.0438. The van der Waals surface area contributed by atoms with Crippen LogP contribution in [0.5, 0.6) is 0 Å². The van der Waals surface area contributed by atoms with Gasteiger partial charge in [-0.05, 0) is 91.9 Å². The smallest absolute Gasteiger partial charge is 0.265 e. The summed E-state index contributed by atoms with van der Waals surface area (Å²) in [5.74, 6) is -0.791. The van der Waals surface area contributed by atoms with Gasteiger partial charge >= 0.3 is 0 Å². The van der Waals surface area contributed by atoms with Gasteiger partial charge < -0.3 is 10.0 Å². The summed E-state index contributed by atoms with van der Waals surface area (Å²) in [5.41, 5.74) is 0.435. The molecule has 5 nitrogen and oxygen atoms in total. The van der Waals surface area contributed by atoms with Crippen molar-refractivity contribution in [3.8, 4) is 0 Å². The maximum Gasteiger partial charge on any atom is 0.265 e. The number of likely N-dealkylation sites (tertiary alicyclic amines) is 1. The number of hydrogen-bond acceptors (Lipinski definition) is 4. The van der Waals surface area contributed by atoms with Gasteiger partial charge in [0.05, 0.1) is 12.6 Å². The molecule has 0 aromatic heterocycles. The molecule has 0 radical (unpaired) electrons. The van der Waals surface area contributed by atoms with Gasteiger partial charge in [0.1, 0.15) is 23.3 Å². The van der Waals surface area contributed by atoms with Gasteiger partial charge in [-0.3, -0.25) is 9.69 Å². The van der Waals surface area contributed by atoms with Gasteiger partial charge in [-0.15, -0.1) is 0 Å². The largest absolute Gasteiger partial charge is 0.390 e. The lowest BCUT2D eigenvalue weighted by Crippen LogP contribution is -2.47. The molecular weight excluding hydrogens is 491 g/mol. The van der Waals surface area contributed by atoms with E-state index in [0.29, 0.717) is 23.5 Å². The topological polar surface area (TPSA) is 56.1 Å². The molecule has 1 N–H and O–H groups in total. The number of halogens is 3. The Bertz CT molecular complexity index is 1270. The van der Waals surface area contributed by atoms with Crippen molar-refractivity contribution in [2.45, 2.75) is 37.3 Å². The molecule has 0 saturated carbocycles. The van der Waals surface area contributed by atoms with Crippen molar-refractivity contribution in [1.82, 2.24) is 9.80 Å². The third-order valence-corrected chi connectivity index (χ3v) is 7.57. The molecule has 5 rings (SSSR count). The summed E-state index contributed by atoms with van der Waals surface area (Å²) in [6, 6.07) is 17.8. The van der Waals surface area contributed by atoms with E-state index in [2.05, 4.69) is 4.90 Å². The first-order valence-corrected chi connectivity index (χ1v) is 12.8. The van der Waals surface area contributed by atoms with E-state index < -0.39 is 23.3 Å². The number of rotatable bonds is 7. The fourth-order valence-corrected chi connectivity index (χ4v) is 5.61. The van der Waals surface area contributed by atoms with Crippen molar-refractivity contribution in [1.29, 1.82) is 0 Å². The predicted molar refractivity (Wildman–Crippen MR) is 139 cm³/mol. The summed E-state index contributed by atoms with van der Waals surface area (Å²) in [7, 11) is 0. The lowest BCUT2D eigenvalue weighted by Gasteiger charge is -2.34. The van der Waals surface area contributed by atoms with E-state index in [1.165, 1.54) is 59.5 Å². The highest BCUT2D eigenvalue weighted by Crippen LogP contribution is 2.40. The Morgan fingerprint density at radius 3 is 2.03 bits per heavy atom. The summed E-state index contributed by atoms with van der Waals surface area (Å²) in [6.45, 7) is 3.64. The highest BCUT2D eigenvalue weighted by molar-refractivity contribution is 6.09. The maximum absolute atomic E-state index is 13.9. The molecule has 2 heterocycles. The second-order valence-corrected chi connectivity index (χ2v) is 10.1. The lowest BCUT2D eigenvalue weighted by atomic mass is 9.82. The normalized spacial score (nSPS) is 19.0. The van der Waals surface area contributed by atoms with Gasteiger partial charge in [0.2, 0.25) is 0 Å². The zero-order valence-corrected chi connectivity index (χ0v) is 21.2. The summed E-state index contributed by atoms with van der Waals surface area (Å²) in [6.07, 6.45) is 0.891.